The van der Waals surface area contributed by atoms with E-state index < -0.39 is 5.97 Å². The number of aromatic carboxylic acids is 1. The molecule has 7 heteroatoms. The van der Waals surface area contributed by atoms with E-state index in [9.17, 15) is 9.59 Å². The first-order valence-corrected chi connectivity index (χ1v) is 7.92. The molecule has 0 radical (unpaired) electrons. The predicted octanol–water partition coefficient (Wildman–Crippen LogP) is 2.39. The van der Waals surface area contributed by atoms with Gasteiger partial charge in [-0.05, 0) is 42.0 Å². The van der Waals surface area contributed by atoms with Crippen LogP contribution in [0.1, 0.15) is 15.9 Å². The first-order valence-electron chi connectivity index (χ1n) is 7.92. The maximum Gasteiger partial charge on any atom is 0.335 e. The quantitative estimate of drug-likeness (QED) is 0.736. The third-order valence-electron chi connectivity index (χ3n) is 3.78. The molecule has 26 heavy (non-hydrogen) atoms. The molecule has 1 heterocycles. The van der Waals surface area contributed by atoms with E-state index in [0.29, 0.717) is 5.69 Å². The van der Waals surface area contributed by atoms with Gasteiger partial charge in [0, 0.05) is 25.5 Å². The fraction of sp³-hybridized carbons (Fsp3) is 0.105. The van der Waals surface area contributed by atoms with Crippen LogP contribution in [0.2, 0.25) is 0 Å². The highest BCUT2D eigenvalue weighted by molar-refractivity contribution is 6.17. The minimum Gasteiger partial charge on any atom is -0.478 e. The zero-order chi connectivity index (χ0) is 18.7. The lowest BCUT2D eigenvalue weighted by Gasteiger charge is -2.11. The van der Waals surface area contributed by atoms with Gasteiger partial charge in [0.05, 0.1) is 5.56 Å². The third-order valence-corrected chi connectivity index (χ3v) is 3.78. The maximum absolute atomic E-state index is 12.1. The summed E-state index contributed by atoms with van der Waals surface area (Å²) in [6, 6.07) is 14.0. The Bertz CT molecular complexity index is 915. The van der Waals surface area contributed by atoms with Gasteiger partial charge in [-0.15, -0.1) is 0 Å². The van der Waals surface area contributed by atoms with E-state index in [0.717, 1.165) is 11.3 Å². The van der Waals surface area contributed by atoms with Gasteiger partial charge in [0.15, 0.2) is 0 Å². The number of rotatable bonds is 4. The van der Waals surface area contributed by atoms with E-state index in [1.165, 1.54) is 12.1 Å². The molecule has 132 valence electrons. The summed E-state index contributed by atoms with van der Waals surface area (Å²) in [6.45, 7) is 0. The molecule has 1 amide bonds. The maximum atomic E-state index is 12.1. The van der Waals surface area contributed by atoms with Gasteiger partial charge >= 0.3 is 5.97 Å². The zero-order valence-corrected chi connectivity index (χ0v) is 14.4. The Kier molecular flexibility index (Phi) is 4.70. The van der Waals surface area contributed by atoms with Crippen molar-refractivity contribution in [2.24, 2.45) is 4.99 Å². The molecule has 0 saturated heterocycles. The average molecular weight is 350 g/mol. The largest absolute Gasteiger partial charge is 0.478 e. The van der Waals surface area contributed by atoms with Gasteiger partial charge in [0.1, 0.15) is 5.70 Å². The number of carboxylic acids is 1. The van der Waals surface area contributed by atoms with Gasteiger partial charge in [0.2, 0.25) is 5.96 Å². The van der Waals surface area contributed by atoms with E-state index in [1.54, 1.807) is 18.2 Å². The molecule has 0 aliphatic carbocycles. The molecule has 7 nitrogen and oxygen atoms in total. The molecule has 2 aromatic rings. The second-order valence-electron chi connectivity index (χ2n) is 5.94. The molecule has 0 bridgehead atoms. The fourth-order valence-corrected chi connectivity index (χ4v) is 2.42. The van der Waals surface area contributed by atoms with Crippen LogP contribution >= 0.6 is 0 Å². The fourth-order valence-electron chi connectivity index (χ4n) is 2.42. The summed E-state index contributed by atoms with van der Waals surface area (Å²) in [5.41, 5.74) is 2.88. The predicted molar refractivity (Wildman–Crippen MR) is 101 cm³/mol. The van der Waals surface area contributed by atoms with Gasteiger partial charge < -0.3 is 15.3 Å². The molecule has 3 N–H and O–H groups in total. The van der Waals surface area contributed by atoms with Crippen molar-refractivity contribution >= 4 is 35.3 Å². The molecule has 0 aromatic heterocycles. The molecule has 0 atom stereocenters. The van der Waals surface area contributed by atoms with Crippen molar-refractivity contribution in [1.29, 1.82) is 0 Å². The van der Waals surface area contributed by atoms with Gasteiger partial charge in [-0.2, -0.15) is 0 Å². The van der Waals surface area contributed by atoms with E-state index in [1.807, 2.05) is 43.3 Å². The van der Waals surface area contributed by atoms with E-state index in [2.05, 4.69) is 15.6 Å². The Morgan fingerprint density at radius 3 is 2.58 bits per heavy atom. The number of carbonyl (C=O) groups excluding carboxylic acids is 1. The van der Waals surface area contributed by atoms with E-state index in [4.69, 9.17) is 5.11 Å². The molecule has 3 rings (SSSR count). The van der Waals surface area contributed by atoms with Crippen molar-refractivity contribution in [3.8, 4) is 0 Å². The number of carbonyl (C=O) groups is 2. The highest BCUT2D eigenvalue weighted by atomic mass is 16.4. The van der Waals surface area contributed by atoms with Crippen molar-refractivity contribution in [3.05, 3.63) is 65.4 Å². The number of carboxylic acid groups (broad SMARTS) is 1. The summed E-state index contributed by atoms with van der Waals surface area (Å²) >= 11 is 0. The number of hydrogen-bond acceptors (Lipinski definition) is 5. The summed E-state index contributed by atoms with van der Waals surface area (Å²) in [6.07, 6.45) is 1.69. The highest BCUT2D eigenvalue weighted by Crippen LogP contribution is 2.17. The third kappa shape index (κ3) is 3.89. The van der Waals surface area contributed by atoms with Crippen molar-refractivity contribution in [2.45, 2.75) is 0 Å². The first-order chi connectivity index (χ1) is 12.4. The Hall–Kier alpha value is -3.61. The highest BCUT2D eigenvalue weighted by Gasteiger charge is 2.20. The van der Waals surface area contributed by atoms with Crippen LogP contribution in [0.3, 0.4) is 0 Å². The molecule has 1 aliphatic heterocycles. The van der Waals surface area contributed by atoms with Crippen LogP contribution in [0, 0.1) is 0 Å². The van der Waals surface area contributed by atoms with Gasteiger partial charge in [-0.1, -0.05) is 18.2 Å². The van der Waals surface area contributed by atoms with Gasteiger partial charge in [0.25, 0.3) is 5.91 Å². The summed E-state index contributed by atoms with van der Waals surface area (Å²) in [4.78, 5) is 29.3. The van der Waals surface area contributed by atoms with Crippen LogP contribution in [0.15, 0.2) is 59.2 Å². The number of guanidine groups is 1. The van der Waals surface area contributed by atoms with Crippen LogP contribution in [0.5, 0.6) is 0 Å². The molecule has 0 unspecified atom stereocenters. The minimum absolute atomic E-state index is 0.150. The number of amides is 1. The average Bonchev–Trinajstić information content (AvgIpc) is 2.94. The Balaban J connectivity index is 1.78. The lowest BCUT2D eigenvalue weighted by Crippen LogP contribution is -2.30. The summed E-state index contributed by atoms with van der Waals surface area (Å²) < 4.78 is 0. The van der Waals surface area contributed by atoms with Crippen LogP contribution < -0.4 is 15.5 Å². The number of anilines is 2. The van der Waals surface area contributed by atoms with Crippen LogP contribution in [-0.4, -0.2) is 37.0 Å². The van der Waals surface area contributed by atoms with Crippen molar-refractivity contribution < 1.29 is 14.7 Å². The summed E-state index contributed by atoms with van der Waals surface area (Å²) in [5, 5.41) is 14.6. The Morgan fingerprint density at radius 1 is 1.19 bits per heavy atom. The van der Waals surface area contributed by atoms with Gasteiger partial charge in [-0.3, -0.25) is 10.1 Å². The van der Waals surface area contributed by atoms with Crippen molar-refractivity contribution in [3.63, 3.8) is 0 Å². The number of nitrogens with one attached hydrogen (secondary N) is 2. The lowest BCUT2D eigenvalue weighted by molar-refractivity contribution is -0.115. The van der Waals surface area contributed by atoms with Gasteiger partial charge in [-0.25, -0.2) is 9.79 Å². The van der Waals surface area contributed by atoms with E-state index in [-0.39, 0.29) is 23.1 Å². The molecule has 1 aliphatic rings. The monoisotopic (exact) mass is 350 g/mol. The lowest BCUT2D eigenvalue weighted by atomic mass is 10.1. The molecule has 0 spiro atoms. The molecular formula is C19H18N4O3. The van der Waals surface area contributed by atoms with Crippen LogP contribution in [0.4, 0.5) is 11.4 Å². The number of aliphatic imine (C=N–C) groups is 1. The summed E-state index contributed by atoms with van der Waals surface area (Å²) in [5.74, 6) is -1.08. The molecule has 0 fully saturated rings. The molecule has 0 saturated carbocycles. The Labute approximate surface area is 150 Å². The summed E-state index contributed by atoms with van der Waals surface area (Å²) in [7, 11) is 3.92. The number of hydrogen-bond donors (Lipinski definition) is 3. The molecule has 2 aromatic carbocycles. The number of benzene rings is 2. The Morgan fingerprint density at radius 2 is 1.92 bits per heavy atom. The minimum atomic E-state index is -1.02. The zero-order valence-electron chi connectivity index (χ0n) is 14.4. The van der Waals surface area contributed by atoms with Crippen molar-refractivity contribution in [2.75, 3.05) is 24.3 Å². The second-order valence-corrected chi connectivity index (χ2v) is 5.94. The van der Waals surface area contributed by atoms with Crippen LogP contribution in [0.25, 0.3) is 6.08 Å². The standard InChI is InChI=1S/C19H18N4O3/c1-23(2)15-8-6-12(7-9-15)10-16-17(24)22-19(21-16)20-14-5-3-4-13(11-14)18(25)26/h3-11H,1-2H3,(H,25,26)(H2,20,21,22,24)/b16-10-. The van der Waals surface area contributed by atoms with Crippen LogP contribution in [-0.2, 0) is 4.79 Å². The topological polar surface area (TPSA) is 94.0 Å². The second kappa shape index (κ2) is 7.10. The van der Waals surface area contributed by atoms with Crippen molar-refractivity contribution in [1.82, 2.24) is 5.32 Å². The normalized spacial score (nSPS) is 14.8. The number of nitrogens with zero attached hydrogens (tertiary/aromatic N) is 2. The SMILES string of the molecule is CN(C)c1ccc(/C=C2\N=C(Nc3cccc(C(=O)O)c3)NC2=O)cc1. The molecular weight excluding hydrogens is 332 g/mol. The smallest absolute Gasteiger partial charge is 0.335 e. The van der Waals surface area contributed by atoms with E-state index >= 15 is 0 Å². The first kappa shape index (κ1) is 17.2.